The van der Waals surface area contributed by atoms with E-state index in [1.807, 2.05) is 13.8 Å². The molecule has 1 N–H and O–H groups in total. The lowest BCUT2D eigenvalue weighted by molar-refractivity contribution is -0.154. The molecule has 37 heavy (non-hydrogen) atoms. The quantitative estimate of drug-likeness (QED) is 0.364. The molecule has 3 aromatic rings. The number of pyridine rings is 2. The van der Waals surface area contributed by atoms with Crippen molar-refractivity contribution in [3.8, 4) is 17.1 Å². The number of benzene rings is 1. The number of ketones is 1. The van der Waals surface area contributed by atoms with Gasteiger partial charge in [-0.25, -0.2) is 9.37 Å². The van der Waals surface area contributed by atoms with Gasteiger partial charge in [-0.15, -0.1) is 0 Å². The Kier molecular flexibility index (Phi) is 8.62. The topological polar surface area (TPSA) is 81.2 Å². The molecule has 0 bridgehead atoms. The van der Waals surface area contributed by atoms with Gasteiger partial charge in [0.25, 0.3) is 5.91 Å². The Morgan fingerprint density at radius 2 is 1.68 bits per heavy atom. The number of amides is 1. The summed E-state index contributed by atoms with van der Waals surface area (Å²) in [5.41, 5.74) is 2.44. The first kappa shape index (κ1) is 27.8. The average Bonchev–Trinajstić information content (AvgIpc) is 2.82. The Bertz CT molecular complexity index is 1270. The number of aromatic nitrogens is 2. The maximum Gasteiger partial charge on any atom is 0.422 e. The zero-order valence-corrected chi connectivity index (χ0v) is 20.8. The smallest absolute Gasteiger partial charge is 0.422 e. The summed E-state index contributed by atoms with van der Waals surface area (Å²) >= 11 is 0. The third-order valence-corrected chi connectivity index (χ3v) is 5.49. The van der Waals surface area contributed by atoms with E-state index in [2.05, 4.69) is 15.3 Å². The summed E-state index contributed by atoms with van der Waals surface area (Å²) in [4.78, 5) is 33.9. The lowest BCUT2D eigenvalue weighted by Gasteiger charge is -2.18. The Balaban J connectivity index is 1.89. The maximum absolute atomic E-state index is 13.5. The van der Waals surface area contributed by atoms with Gasteiger partial charge >= 0.3 is 6.18 Å². The summed E-state index contributed by atoms with van der Waals surface area (Å²) in [7, 11) is 0. The summed E-state index contributed by atoms with van der Waals surface area (Å²) in [6.07, 6.45) is -4.39. The number of carbonyl (C=O) groups excluding carboxylic acids is 2. The van der Waals surface area contributed by atoms with E-state index in [1.54, 1.807) is 26.0 Å². The molecule has 3 rings (SSSR count). The molecular weight excluding hydrogens is 490 g/mol. The van der Waals surface area contributed by atoms with Gasteiger partial charge in [0.1, 0.15) is 11.6 Å². The van der Waals surface area contributed by atoms with Crippen LogP contribution in [0.3, 0.4) is 0 Å². The predicted molar refractivity (Wildman–Crippen MR) is 130 cm³/mol. The van der Waals surface area contributed by atoms with Crippen LogP contribution in [0.25, 0.3) is 11.3 Å². The number of nitrogens with zero attached hydrogens (tertiary/aromatic N) is 2. The van der Waals surface area contributed by atoms with Gasteiger partial charge in [0.2, 0.25) is 5.88 Å². The molecule has 0 aliphatic rings. The molecule has 0 radical (unpaired) electrons. The van der Waals surface area contributed by atoms with E-state index in [4.69, 9.17) is 4.74 Å². The van der Waals surface area contributed by atoms with E-state index in [9.17, 15) is 27.2 Å². The number of aryl methyl sites for hydroxylation is 1. The second-order valence-corrected chi connectivity index (χ2v) is 8.98. The first-order chi connectivity index (χ1) is 17.3. The summed E-state index contributed by atoms with van der Waals surface area (Å²) < 4.78 is 56.0. The third-order valence-electron chi connectivity index (χ3n) is 5.49. The molecule has 0 aliphatic heterocycles. The molecule has 196 valence electrons. The maximum atomic E-state index is 13.5. The monoisotopic (exact) mass is 517 g/mol. The molecule has 1 unspecified atom stereocenters. The normalized spacial score (nSPS) is 12.4. The molecule has 1 amide bonds. The highest BCUT2D eigenvalue weighted by Gasteiger charge is 2.29. The van der Waals surface area contributed by atoms with E-state index in [0.717, 1.165) is 17.7 Å². The Labute approximate surface area is 212 Å². The highest BCUT2D eigenvalue weighted by molar-refractivity contribution is 6.00. The van der Waals surface area contributed by atoms with Crippen molar-refractivity contribution < 1.29 is 31.9 Å². The van der Waals surface area contributed by atoms with Crippen LogP contribution in [0, 0.1) is 18.7 Å². The molecule has 2 heterocycles. The second kappa shape index (κ2) is 11.5. The number of Topliss-reactive ketones (excluding diaryl/α,β-unsaturated/α-hetero) is 1. The minimum atomic E-state index is -4.56. The van der Waals surface area contributed by atoms with E-state index in [1.165, 1.54) is 24.3 Å². The number of ether oxygens (including phenoxy) is 1. The molecule has 0 spiro atoms. The van der Waals surface area contributed by atoms with Gasteiger partial charge in [-0.2, -0.15) is 13.2 Å². The third kappa shape index (κ3) is 7.83. The fourth-order valence-corrected chi connectivity index (χ4v) is 3.54. The summed E-state index contributed by atoms with van der Waals surface area (Å²) in [6.45, 7) is 5.63. The molecule has 1 atom stereocenters. The average molecular weight is 518 g/mol. The zero-order chi connectivity index (χ0) is 27.3. The molecule has 10 heteroatoms. The SMILES string of the molecule is Cc1cc(C(C)NC(=O)c2ccc(OCC(F)(F)F)nc2-c2ccc(F)cc2)cc(CC(=O)C(C)C)n1. The summed E-state index contributed by atoms with van der Waals surface area (Å²) in [5.74, 6) is -1.49. The van der Waals surface area contributed by atoms with Crippen LogP contribution in [0.2, 0.25) is 0 Å². The van der Waals surface area contributed by atoms with Crippen LogP contribution in [-0.2, 0) is 11.2 Å². The fourth-order valence-electron chi connectivity index (χ4n) is 3.54. The number of alkyl halides is 3. The van der Waals surface area contributed by atoms with Crippen molar-refractivity contribution in [2.75, 3.05) is 6.61 Å². The van der Waals surface area contributed by atoms with Crippen LogP contribution in [-0.4, -0.2) is 34.4 Å². The van der Waals surface area contributed by atoms with Crippen LogP contribution in [0.4, 0.5) is 17.6 Å². The van der Waals surface area contributed by atoms with Crippen LogP contribution < -0.4 is 10.1 Å². The van der Waals surface area contributed by atoms with Gasteiger partial charge in [-0.3, -0.25) is 14.6 Å². The van der Waals surface area contributed by atoms with Crippen molar-refractivity contribution in [2.45, 2.75) is 46.3 Å². The molecule has 0 aliphatic carbocycles. The van der Waals surface area contributed by atoms with Gasteiger partial charge in [0, 0.05) is 35.4 Å². The molecular formula is C27H27F4N3O3. The molecule has 2 aromatic heterocycles. The van der Waals surface area contributed by atoms with E-state index in [0.29, 0.717) is 17.0 Å². The van der Waals surface area contributed by atoms with Gasteiger partial charge in [0.15, 0.2) is 6.61 Å². The highest BCUT2D eigenvalue weighted by atomic mass is 19.4. The number of rotatable bonds is 9. The minimum Gasteiger partial charge on any atom is -0.468 e. The number of nitrogens with one attached hydrogen (secondary N) is 1. The zero-order valence-electron chi connectivity index (χ0n) is 20.8. The molecule has 0 saturated carbocycles. The number of hydrogen-bond acceptors (Lipinski definition) is 5. The first-order valence-electron chi connectivity index (χ1n) is 11.6. The Morgan fingerprint density at radius 1 is 1.00 bits per heavy atom. The number of hydrogen-bond donors (Lipinski definition) is 1. The number of halogens is 4. The van der Waals surface area contributed by atoms with Crippen LogP contribution in [0.5, 0.6) is 5.88 Å². The van der Waals surface area contributed by atoms with Crippen molar-refractivity contribution in [1.82, 2.24) is 15.3 Å². The lowest BCUT2D eigenvalue weighted by atomic mass is 10.0. The van der Waals surface area contributed by atoms with Crippen molar-refractivity contribution in [2.24, 2.45) is 5.92 Å². The van der Waals surface area contributed by atoms with Crippen molar-refractivity contribution in [1.29, 1.82) is 0 Å². The second-order valence-electron chi connectivity index (χ2n) is 8.98. The van der Waals surface area contributed by atoms with Crippen molar-refractivity contribution in [3.05, 3.63) is 76.9 Å². The number of carbonyl (C=O) groups is 2. The Morgan fingerprint density at radius 3 is 2.30 bits per heavy atom. The predicted octanol–water partition coefficient (Wildman–Crippen LogP) is 5.79. The largest absolute Gasteiger partial charge is 0.468 e. The standard InChI is InChI=1S/C27H27F4N3O3/c1-15(2)23(35)13-21-12-19(11-16(3)32-21)17(4)33-26(36)22-9-10-24(37-14-27(29,30)31)34-25(22)18-5-7-20(28)8-6-18/h5-12,15,17H,13-14H2,1-4H3,(H,33,36). The van der Waals surface area contributed by atoms with Crippen molar-refractivity contribution in [3.63, 3.8) is 0 Å². The van der Waals surface area contributed by atoms with Gasteiger partial charge in [-0.1, -0.05) is 13.8 Å². The molecule has 0 fully saturated rings. The molecule has 0 saturated heterocycles. The van der Waals surface area contributed by atoms with Crippen LogP contribution >= 0.6 is 0 Å². The van der Waals surface area contributed by atoms with Gasteiger partial charge in [-0.05, 0) is 61.9 Å². The van der Waals surface area contributed by atoms with E-state index in [-0.39, 0.29) is 35.3 Å². The summed E-state index contributed by atoms with van der Waals surface area (Å²) in [5, 5.41) is 2.85. The first-order valence-corrected chi connectivity index (χ1v) is 11.6. The van der Waals surface area contributed by atoms with E-state index < -0.39 is 30.5 Å². The highest BCUT2D eigenvalue weighted by Crippen LogP contribution is 2.27. The minimum absolute atomic E-state index is 0.0403. The lowest BCUT2D eigenvalue weighted by Crippen LogP contribution is -2.28. The van der Waals surface area contributed by atoms with Crippen LogP contribution in [0.1, 0.15) is 54.1 Å². The summed E-state index contributed by atoms with van der Waals surface area (Å²) in [6, 6.07) is 10.6. The van der Waals surface area contributed by atoms with Gasteiger partial charge in [0.05, 0.1) is 17.3 Å². The Hall–Kier alpha value is -3.82. The molecule has 1 aromatic carbocycles. The molecule has 6 nitrogen and oxygen atoms in total. The van der Waals surface area contributed by atoms with E-state index >= 15 is 0 Å². The van der Waals surface area contributed by atoms with Gasteiger partial charge < -0.3 is 10.1 Å². The van der Waals surface area contributed by atoms with Crippen molar-refractivity contribution >= 4 is 11.7 Å². The van der Waals surface area contributed by atoms with Crippen LogP contribution in [0.15, 0.2) is 48.5 Å². The fraction of sp³-hybridized carbons (Fsp3) is 0.333.